The second kappa shape index (κ2) is 6.38. The lowest BCUT2D eigenvalue weighted by Crippen LogP contribution is -2.14. The van der Waals surface area contributed by atoms with Crippen LogP contribution in [0.1, 0.15) is 38.9 Å². The summed E-state index contributed by atoms with van der Waals surface area (Å²) in [4.78, 5) is 2.31. The summed E-state index contributed by atoms with van der Waals surface area (Å²) in [5.74, 6) is 0.888. The van der Waals surface area contributed by atoms with Gasteiger partial charge in [-0.1, -0.05) is 47.0 Å². The summed E-state index contributed by atoms with van der Waals surface area (Å²) < 4.78 is 6.49. The number of nitrogens with zero attached hydrogens (tertiary/aromatic N) is 1. The molecule has 0 aliphatic carbocycles. The van der Waals surface area contributed by atoms with E-state index in [1.54, 1.807) is 0 Å². The van der Waals surface area contributed by atoms with Crippen molar-refractivity contribution in [1.29, 1.82) is 0 Å². The van der Waals surface area contributed by atoms with E-state index in [1.807, 2.05) is 0 Å². The van der Waals surface area contributed by atoms with Crippen molar-refractivity contribution in [1.82, 2.24) is 0 Å². The first kappa shape index (κ1) is 17.8. The predicted octanol–water partition coefficient (Wildman–Crippen LogP) is 7.93. The first-order valence-corrected chi connectivity index (χ1v) is 10.1. The maximum Gasteiger partial charge on any atom is 0.213 e. The monoisotopic (exact) mass is 379 g/mol. The molecule has 3 aromatic carbocycles. The first-order valence-electron chi connectivity index (χ1n) is 10.1. The molecule has 2 nitrogen and oxygen atoms in total. The van der Waals surface area contributed by atoms with E-state index in [1.165, 1.54) is 39.1 Å². The van der Waals surface area contributed by atoms with Gasteiger partial charge in [-0.2, -0.15) is 0 Å². The molecule has 1 aliphatic rings. The molecule has 0 amide bonds. The summed E-state index contributed by atoms with van der Waals surface area (Å²) in [6.45, 7) is 10.8. The molecule has 1 aromatic heterocycles. The zero-order valence-electron chi connectivity index (χ0n) is 17.6. The van der Waals surface area contributed by atoms with Crippen LogP contribution in [0.25, 0.3) is 23.1 Å². The van der Waals surface area contributed by atoms with Gasteiger partial charge < -0.3 is 4.42 Å². The number of aryl methyl sites for hydroxylation is 5. The Bertz CT molecular complexity index is 1280. The molecule has 5 rings (SSSR count). The molecule has 0 N–H and O–H groups in total. The highest BCUT2D eigenvalue weighted by Crippen LogP contribution is 2.48. The third-order valence-corrected chi connectivity index (χ3v) is 5.78. The van der Waals surface area contributed by atoms with Gasteiger partial charge in [-0.3, -0.25) is 4.90 Å². The van der Waals surface area contributed by atoms with E-state index in [9.17, 15) is 0 Å². The van der Waals surface area contributed by atoms with Crippen molar-refractivity contribution in [3.05, 3.63) is 87.5 Å². The molecule has 0 saturated carbocycles. The molecule has 144 valence electrons. The number of furan rings is 1. The smallest absolute Gasteiger partial charge is 0.213 e. The van der Waals surface area contributed by atoms with Gasteiger partial charge in [-0.15, -0.1) is 0 Å². The van der Waals surface area contributed by atoms with E-state index >= 15 is 0 Å². The van der Waals surface area contributed by atoms with Crippen molar-refractivity contribution >= 4 is 40.4 Å². The highest BCUT2D eigenvalue weighted by atomic mass is 16.4. The van der Waals surface area contributed by atoms with Crippen LogP contribution < -0.4 is 4.90 Å². The molecular formula is C27H25NO. The van der Waals surface area contributed by atoms with E-state index in [2.05, 4.69) is 100 Å². The van der Waals surface area contributed by atoms with Gasteiger partial charge >= 0.3 is 0 Å². The van der Waals surface area contributed by atoms with Gasteiger partial charge in [-0.05, 0) is 81.7 Å². The van der Waals surface area contributed by atoms with Gasteiger partial charge in [0.15, 0.2) is 0 Å². The second-order valence-electron chi connectivity index (χ2n) is 8.30. The van der Waals surface area contributed by atoms with Crippen molar-refractivity contribution in [3.8, 4) is 0 Å². The average Bonchev–Trinajstić information content (AvgIpc) is 2.93. The predicted molar refractivity (Wildman–Crippen MR) is 124 cm³/mol. The van der Waals surface area contributed by atoms with Gasteiger partial charge in [0.2, 0.25) is 5.88 Å². The maximum atomic E-state index is 6.49. The van der Waals surface area contributed by atoms with Crippen molar-refractivity contribution in [2.24, 2.45) is 0 Å². The summed E-state index contributed by atoms with van der Waals surface area (Å²) in [6.07, 6.45) is 4.43. The minimum atomic E-state index is 0.888. The number of fused-ring (bicyclic) bond motifs is 4. The normalized spacial score (nSPS) is 12.8. The lowest BCUT2D eigenvalue weighted by atomic mass is 10.0. The lowest BCUT2D eigenvalue weighted by molar-refractivity contribution is 0.619. The highest BCUT2D eigenvalue weighted by molar-refractivity contribution is 6.02. The molecule has 2 heteroatoms. The standard InChI is InChI=1S/C27H25NO/c1-16-6-10-24-21(14-16)8-9-22-23-15-17(2)7-11-25(23)29-27(22)28(24)26-19(4)12-18(3)13-20(26)5/h6-15H,1-5H3. The van der Waals surface area contributed by atoms with E-state index in [4.69, 9.17) is 4.42 Å². The van der Waals surface area contributed by atoms with E-state index in [-0.39, 0.29) is 0 Å². The Hall–Kier alpha value is -3.26. The zero-order chi connectivity index (χ0) is 20.3. The Labute approximate surface area is 172 Å². The zero-order valence-corrected chi connectivity index (χ0v) is 17.6. The Morgan fingerprint density at radius 1 is 0.690 bits per heavy atom. The van der Waals surface area contributed by atoms with Gasteiger partial charge in [0.1, 0.15) is 5.58 Å². The van der Waals surface area contributed by atoms with Gasteiger partial charge in [0, 0.05) is 10.9 Å². The molecule has 0 unspecified atom stereocenters. The minimum absolute atomic E-state index is 0.888. The van der Waals surface area contributed by atoms with Crippen LogP contribution in [0.4, 0.5) is 17.3 Å². The van der Waals surface area contributed by atoms with Gasteiger partial charge in [-0.25, -0.2) is 0 Å². The average molecular weight is 380 g/mol. The van der Waals surface area contributed by atoms with Crippen molar-refractivity contribution in [3.63, 3.8) is 0 Å². The summed E-state index contributed by atoms with van der Waals surface area (Å²) in [5, 5.41) is 1.16. The largest absolute Gasteiger partial charge is 0.439 e. The highest BCUT2D eigenvalue weighted by Gasteiger charge is 2.27. The van der Waals surface area contributed by atoms with Crippen molar-refractivity contribution in [2.75, 3.05) is 4.90 Å². The summed E-state index contributed by atoms with van der Waals surface area (Å²) in [7, 11) is 0. The minimum Gasteiger partial charge on any atom is -0.439 e. The molecular weight excluding hydrogens is 354 g/mol. The summed E-state index contributed by atoms with van der Waals surface area (Å²) in [5.41, 5.74) is 11.9. The van der Waals surface area contributed by atoms with Crippen LogP contribution in [0, 0.1) is 34.6 Å². The van der Waals surface area contributed by atoms with Crippen LogP contribution in [0.3, 0.4) is 0 Å². The van der Waals surface area contributed by atoms with Gasteiger partial charge in [0.05, 0.1) is 11.4 Å². The van der Waals surface area contributed by atoms with Crippen LogP contribution in [-0.4, -0.2) is 0 Å². The van der Waals surface area contributed by atoms with Crippen LogP contribution in [0.15, 0.2) is 52.9 Å². The Kier molecular flexibility index (Phi) is 3.92. The van der Waals surface area contributed by atoms with E-state index in [0.29, 0.717) is 0 Å². The second-order valence-corrected chi connectivity index (χ2v) is 8.30. The number of benzene rings is 3. The fraction of sp³-hybridized carbons (Fsp3) is 0.185. The van der Waals surface area contributed by atoms with Crippen LogP contribution >= 0.6 is 0 Å². The summed E-state index contributed by atoms with van der Waals surface area (Å²) in [6, 6.07) is 17.5. The topological polar surface area (TPSA) is 16.4 Å². The molecule has 2 heterocycles. The molecule has 0 radical (unpaired) electrons. The molecule has 0 spiro atoms. The Balaban J connectivity index is 1.89. The molecule has 1 aliphatic heterocycles. The van der Waals surface area contributed by atoms with Crippen molar-refractivity contribution < 1.29 is 4.42 Å². The lowest BCUT2D eigenvalue weighted by Gasteiger charge is -2.28. The fourth-order valence-electron chi connectivity index (χ4n) is 4.59. The molecule has 29 heavy (non-hydrogen) atoms. The van der Waals surface area contributed by atoms with Crippen LogP contribution in [0.5, 0.6) is 0 Å². The van der Waals surface area contributed by atoms with Gasteiger partial charge in [0.25, 0.3) is 0 Å². The van der Waals surface area contributed by atoms with Crippen LogP contribution in [-0.2, 0) is 0 Å². The SMILES string of the molecule is Cc1cc(C)c(N2c3ccc(C)cc3C=Cc3c2oc2ccc(C)cc32)c(C)c1. The molecule has 0 fully saturated rings. The van der Waals surface area contributed by atoms with E-state index in [0.717, 1.165) is 28.1 Å². The third kappa shape index (κ3) is 2.79. The number of hydrogen-bond donors (Lipinski definition) is 0. The van der Waals surface area contributed by atoms with Crippen LogP contribution in [0.2, 0.25) is 0 Å². The third-order valence-electron chi connectivity index (χ3n) is 5.78. The molecule has 0 atom stereocenters. The molecule has 0 saturated heterocycles. The van der Waals surface area contributed by atoms with Crippen molar-refractivity contribution in [2.45, 2.75) is 34.6 Å². The number of anilines is 3. The fourth-order valence-corrected chi connectivity index (χ4v) is 4.59. The Morgan fingerprint density at radius 2 is 1.38 bits per heavy atom. The first-order chi connectivity index (χ1) is 13.9. The summed E-state index contributed by atoms with van der Waals surface area (Å²) >= 11 is 0. The number of hydrogen-bond acceptors (Lipinski definition) is 2. The molecule has 0 bridgehead atoms. The van der Waals surface area contributed by atoms with E-state index < -0.39 is 0 Å². The molecule has 4 aromatic rings. The Morgan fingerprint density at radius 3 is 2.14 bits per heavy atom. The maximum absolute atomic E-state index is 6.49. The number of rotatable bonds is 1. The quantitative estimate of drug-likeness (QED) is 0.294.